The maximum atomic E-state index is 13.5. The highest BCUT2D eigenvalue weighted by Gasteiger charge is 2.22. The van der Waals surface area contributed by atoms with Gasteiger partial charge in [-0.25, -0.2) is 4.98 Å². The number of amides is 1. The van der Waals surface area contributed by atoms with Crippen LogP contribution in [-0.4, -0.2) is 52.9 Å². The fraction of sp³-hybridized carbons (Fsp3) is 0.429. The van der Waals surface area contributed by atoms with Gasteiger partial charge in [-0.1, -0.05) is 24.6 Å². The molecule has 1 saturated carbocycles. The molecule has 1 aliphatic carbocycles. The number of hydrogen-bond donors (Lipinski definition) is 1. The Balaban J connectivity index is 1.43. The van der Waals surface area contributed by atoms with Crippen LogP contribution in [0.3, 0.4) is 0 Å². The summed E-state index contributed by atoms with van der Waals surface area (Å²) in [6.07, 6.45) is 6.01. The van der Waals surface area contributed by atoms with Crippen molar-refractivity contribution in [2.75, 3.05) is 19.5 Å². The third kappa shape index (κ3) is 5.88. The van der Waals surface area contributed by atoms with E-state index in [1.807, 2.05) is 0 Å². The van der Waals surface area contributed by atoms with Gasteiger partial charge >= 0.3 is 0 Å². The van der Waals surface area contributed by atoms with Gasteiger partial charge in [0.05, 0.1) is 36.4 Å². The van der Waals surface area contributed by atoms with Crippen molar-refractivity contribution in [2.45, 2.75) is 62.4 Å². The first-order valence-electron chi connectivity index (χ1n) is 12.8. The summed E-state index contributed by atoms with van der Waals surface area (Å²) in [5.41, 5.74) is 1.30. The van der Waals surface area contributed by atoms with E-state index in [-0.39, 0.29) is 35.1 Å². The van der Waals surface area contributed by atoms with Crippen molar-refractivity contribution >= 4 is 34.4 Å². The van der Waals surface area contributed by atoms with Gasteiger partial charge < -0.3 is 14.8 Å². The molecule has 1 aliphatic heterocycles. The Kier molecular flexibility index (Phi) is 7.90. The Morgan fingerprint density at radius 3 is 2.54 bits per heavy atom. The molecule has 37 heavy (non-hydrogen) atoms. The summed E-state index contributed by atoms with van der Waals surface area (Å²) in [5.74, 6) is 0.578. The Hall–Kier alpha value is -3.17. The van der Waals surface area contributed by atoms with Crippen molar-refractivity contribution in [3.05, 3.63) is 63.9 Å². The van der Waals surface area contributed by atoms with Crippen LogP contribution >= 0.6 is 11.8 Å². The number of thioether (sulfide) groups is 1. The number of rotatable bonds is 9. The van der Waals surface area contributed by atoms with Crippen LogP contribution in [0.25, 0.3) is 10.9 Å². The first-order valence-corrected chi connectivity index (χ1v) is 13.8. The number of carbonyl (C=O) groups is 2. The molecule has 9 heteroatoms. The summed E-state index contributed by atoms with van der Waals surface area (Å²) in [6, 6.07) is 12.2. The maximum Gasteiger partial charge on any atom is 0.262 e. The summed E-state index contributed by atoms with van der Waals surface area (Å²) in [6.45, 7) is 1.06. The van der Waals surface area contributed by atoms with E-state index in [0.29, 0.717) is 46.1 Å². The van der Waals surface area contributed by atoms with Crippen LogP contribution < -0.4 is 15.6 Å². The number of benzene rings is 2. The predicted molar refractivity (Wildman–Crippen MR) is 143 cm³/mol. The molecule has 0 bridgehead atoms. The van der Waals surface area contributed by atoms with Gasteiger partial charge in [-0.05, 0) is 68.1 Å². The summed E-state index contributed by atoms with van der Waals surface area (Å²) in [4.78, 5) is 44.0. The Labute approximate surface area is 219 Å². The Morgan fingerprint density at radius 2 is 1.84 bits per heavy atom. The number of fused-ring (bicyclic) bond motifs is 1. The second-order valence-corrected chi connectivity index (χ2v) is 10.5. The monoisotopic (exact) mass is 521 g/mol. The highest BCUT2D eigenvalue weighted by atomic mass is 32.2. The van der Waals surface area contributed by atoms with Gasteiger partial charge in [-0.15, -0.1) is 0 Å². The van der Waals surface area contributed by atoms with Gasteiger partial charge in [0.2, 0.25) is 0 Å². The van der Waals surface area contributed by atoms with Crippen LogP contribution in [0.4, 0.5) is 0 Å². The van der Waals surface area contributed by atoms with Gasteiger partial charge in [0.25, 0.3) is 11.5 Å². The lowest BCUT2D eigenvalue weighted by Gasteiger charge is -2.17. The molecule has 194 valence electrons. The number of nitrogens with one attached hydrogen (secondary N) is 1. The lowest BCUT2D eigenvalue weighted by atomic mass is 10.1. The molecule has 2 fully saturated rings. The second-order valence-electron chi connectivity index (χ2n) is 9.57. The van der Waals surface area contributed by atoms with E-state index in [9.17, 15) is 14.4 Å². The summed E-state index contributed by atoms with van der Waals surface area (Å²) in [5, 5.41) is 3.98. The number of methoxy groups -OCH3 is 1. The normalized spacial score (nSPS) is 17.8. The van der Waals surface area contributed by atoms with Crippen LogP contribution in [-0.2, 0) is 11.3 Å². The summed E-state index contributed by atoms with van der Waals surface area (Å²) >= 11 is 1.23. The van der Waals surface area contributed by atoms with E-state index in [0.717, 1.165) is 38.5 Å². The molecule has 2 heterocycles. The van der Waals surface area contributed by atoms with Crippen LogP contribution in [0.2, 0.25) is 0 Å². The van der Waals surface area contributed by atoms with Gasteiger partial charge in [0.1, 0.15) is 5.75 Å². The summed E-state index contributed by atoms with van der Waals surface area (Å²) in [7, 11) is 1.58. The standard InChI is InChI=1S/C28H31N3O5S/c1-35-21-11-8-18(9-12-21)25(32)17-37-28-30-24-15-19(26(33)29-20-5-2-3-6-20)10-13-23(24)27(34)31(28)16-22-7-4-14-36-22/h8-13,15,20,22H,2-7,14,16-17H2,1H3,(H,29,33). The lowest BCUT2D eigenvalue weighted by molar-refractivity contribution is 0.0935. The molecule has 1 amide bonds. The van der Waals surface area contributed by atoms with E-state index in [2.05, 4.69) is 5.32 Å². The molecule has 2 aliphatic rings. The number of hydrogen-bond acceptors (Lipinski definition) is 7. The van der Waals surface area contributed by atoms with E-state index in [1.165, 1.54) is 11.8 Å². The fourth-order valence-electron chi connectivity index (χ4n) is 4.93. The quantitative estimate of drug-likeness (QED) is 0.256. The van der Waals surface area contributed by atoms with Crippen LogP contribution in [0, 0.1) is 0 Å². The molecule has 8 nitrogen and oxygen atoms in total. The molecule has 3 aromatic rings. The molecule has 0 radical (unpaired) electrons. The maximum absolute atomic E-state index is 13.5. The van der Waals surface area contributed by atoms with Gasteiger partial charge in [0, 0.05) is 23.8 Å². The lowest BCUT2D eigenvalue weighted by Crippen LogP contribution is -2.32. The molecule has 0 spiro atoms. The van der Waals surface area contributed by atoms with Gasteiger partial charge in [-0.3, -0.25) is 19.0 Å². The van der Waals surface area contributed by atoms with E-state index >= 15 is 0 Å². The minimum absolute atomic E-state index is 0.0648. The first kappa shape index (κ1) is 25.5. The smallest absolute Gasteiger partial charge is 0.262 e. The van der Waals surface area contributed by atoms with E-state index < -0.39 is 0 Å². The predicted octanol–water partition coefficient (Wildman–Crippen LogP) is 4.23. The number of Topliss-reactive ketones (excluding diaryl/α,β-unsaturated/α-hetero) is 1. The van der Waals surface area contributed by atoms with Crippen LogP contribution in [0.1, 0.15) is 59.2 Å². The SMILES string of the molecule is COc1ccc(C(=O)CSc2nc3cc(C(=O)NC4CCCC4)ccc3c(=O)n2CC2CCCO2)cc1. The number of ether oxygens (including phenoxy) is 2. The van der Waals surface area contributed by atoms with Crippen molar-refractivity contribution in [1.29, 1.82) is 0 Å². The molecule has 1 atom stereocenters. The number of aromatic nitrogens is 2. The molecule has 1 saturated heterocycles. The Bertz CT molecular complexity index is 1340. The van der Waals surface area contributed by atoms with Gasteiger partial charge in [0.15, 0.2) is 10.9 Å². The van der Waals surface area contributed by atoms with Crippen LogP contribution in [0.5, 0.6) is 5.75 Å². The average Bonchev–Trinajstić information content (AvgIpc) is 3.63. The number of ketones is 1. The number of carbonyl (C=O) groups excluding carboxylic acids is 2. The van der Waals surface area contributed by atoms with E-state index in [1.54, 1.807) is 54.1 Å². The number of nitrogens with zero attached hydrogens (tertiary/aromatic N) is 2. The zero-order valence-corrected chi connectivity index (χ0v) is 21.7. The Morgan fingerprint density at radius 1 is 1.08 bits per heavy atom. The highest BCUT2D eigenvalue weighted by molar-refractivity contribution is 7.99. The zero-order chi connectivity index (χ0) is 25.8. The molecule has 1 unspecified atom stereocenters. The molecule has 2 aromatic carbocycles. The van der Waals surface area contributed by atoms with Crippen molar-refractivity contribution < 1.29 is 19.1 Å². The fourth-order valence-corrected chi connectivity index (χ4v) is 5.84. The first-order chi connectivity index (χ1) is 18.0. The van der Waals surface area contributed by atoms with Crippen molar-refractivity contribution in [3.8, 4) is 5.75 Å². The summed E-state index contributed by atoms with van der Waals surface area (Å²) < 4.78 is 12.6. The molecule has 1 aromatic heterocycles. The van der Waals surface area contributed by atoms with Crippen molar-refractivity contribution in [3.63, 3.8) is 0 Å². The van der Waals surface area contributed by atoms with Crippen molar-refractivity contribution in [2.24, 2.45) is 0 Å². The molecular weight excluding hydrogens is 490 g/mol. The van der Waals surface area contributed by atoms with Gasteiger partial charge in [-0.2, -0.15) is 0 Å². The highest BCUT2D eigenvalue weighted by Crippen LogP contribution is 2.24. The second kappa shape index (κ2) is 11.5. The van der Waals surface area contributed by atoms with Crippen LogP contribution in [0.15, 0.2) is 52.4 Å². The topological polar surface area (TPSA) is 99.5 Å². The third-order valence-electron chi connectivity index (χ3n) is 7.03. The zero-order valence-electron chi connectivity index (χ0n) is 20.9. The average molecular weight is 522 g/mol. The molecule has 5 rings (SSSR count). The third-order valence-corrected chi connectivity index (χ3v) is 8.00. The minimum Gasteiger partial charge on any atom is -0.497 e. The molecule has 1 N–H and O–H groups in total. The van der Waals surface area contributed by atoms with E-state index in [4.69, 9.17) is 14.5 Å². The van der Waals surface area contributed by atoms with Crippen molar-refractivity contribution in [1.82, 2.24) is 14.9 Å². The minimum atomic E-state index is -0.192. The molecular formula is C28H31N3O5S. The largest absolute Gasteiger partial charge is 0.497 e.